The number of benzene rings is 1. The molecule has 1 aromatic carbocycles. The number of carbonyl (C=O) groups excluding carboxylic acids is 1. The fourth-order valence-electron chi connectivity index (χ4n) is 2.65. The van der Waals surface area contributed by atoms with Gasteiger partial charge in [0.2, 0.25) is 0 Å². The van der Waals surface area contributed by atoms with E-state index in [-0.39, 0.29) is 11.5 Å². The number of piperidine rings is 1. The highest BCUT2D eigenvalue weighted by Crippen LogP contribution is 2.19. The van der Waals surface area contributed by atoms with Crippen LogP contribution in [0.15, 0.2) is 30.0 Å². The molecule has 1 fully saturated rings. The summed E-state index contributed by atoms with van der Waals surface area (Å²) in [5.74, 6) is 0.485. The first-order valence-electron chi connectivity index (χ1n) is 7.74. The summed E-state index contributed by atoms with van der Waals surface area (Å²) >= 11 is 0. The number of hydrogen-bond acceptors (Lipinski definition) is 3. The first-order chi connectivity index (χ1) is 10.5. The predicted octanol–water partition coefficient (Wildman–Crippen LogP) is 3.38. The summed E-state index contributed by atoms with van der Waals surface area (Å²) in [6, 6.07) is 8.05. The standard InChI is InChI=1S/C18H23N3O/c1-13-6-8-21(9-7-13)18(22)16(11-19)12-20-17-5-4-14(2)10-15(17)3/h4-5,10,12-13,20H,6-9H2,1-3H3/b16-12-. The van der Waals surface area contributed by atoms with Crippen LogP contribution in [0.3, 0.4) is 0 Å². The van der Waals surface area contributed by atoms with E-state index in [9.17, 15) is 10.1 Å². The van der Waals surface area contributed by atoms with Gasteiger partial charge in [0.25, 0.3) is 5.91 Å². The molecule has 0 unspecified atom stereocenters. The minimum absolute atomic E-state index is 0.162. The molecule has 1 N–H and O–H groups in total. The average Bonchev–Trinajstić information content (AvgIpc) is 2.50. The van der Waals surface area contributed by atoms with E-state index in [1.54, 1.807) is 4.90 Å². The minimum atomic E-state index is -0.174. The smallest absolute Gasteiger partial charge is 0.266 e. The topological polar surface area (TPSA) is 56.1 Å². The molecule has 0 saturated carbocycles. The van der Waals surface area contributed by atoms with Crippen LogP contribution in [0.5, 0.6) is 0 Å². The lowest BCUT2D eigenvalue weighted by molar-refractivity contribution is -0.128. The van der Waals surface area contributed by atoms with Crippen molar-refractivity contribution in [2.45, 2.75) is 33.6 Å². The van der Waals surface area contributed by atoms with Gasteiger partial charge in [-0.05, 0) is 44.2 Å². The van der Waals surface area contributed by atoms with Crippen LogP contribution in [0.4, 0.5) is 5.69 Å². The summed E-state index contributed by atoms with van der Waals surface area (Å²) in [6.45, 7) is 7.72. The van der Waals surface area contributed by atoms with Gasteiger partial charge in [-0.15, -0.1) is 0 Å². The molecular formula is C18H23N3O. The minimum Gasteiger partial charge on any atom is -0.360 e. The zero-order valence-electron chi connectivity index (χ0n) is 13.5. The molecule has 0 spiro atoms. The second-order valence-corrected chi connectivity index (χ2v) is 6.11. The molecule has 1 aliphatic heterocycles. The number of carbonyl (C=O) groups is 1. The fourth-order valence-corrected chi connectivity index (χ4v) is 2.65. The molecule has 1 amide bonds. The van der Waals surface area contributed by atoms with Gasteiger partial charge in [-0.3, -0.25) is 4.79 Å². The van der Waals surface area contributed by atoms with E-state index >= 15 is 0 Å². The van der Waals surface area contributed by atoms with Gasteiger partial charge in [0.1, 0.15) is 11.6 Å². The zero-order chi connectivity index (χ0) is 16.1. The van der Waals surface area contributed by atoms with Crippen LogP contribution in [0, 0.1) is 31.1 Å². The fraction of sp³-hybridized carbons (Fsp3) is 0.444. The third kappa shape index (κ3) is 3.88. The first kappa shape index (κ1) is 16.1. The molecule has 0 bridgehead atoms. The molecular weight excluding hydrogens is 274 g/mol. The molecule has 4 heteroatoms. The highest BCUT2D eigenvalue weighted by Gasteiger charge is 2.22. The summed E-state index contributed by atoms with van der Waals surface area (Å²) in [5, 5.41) is 12.4. The van der Waals surface area contributed by atoms with Crippen molar-refractivity contribution in [3.8, 4) is 6.07 Å². The third-order valence-electron chi connectivity index (χ3n) is 4.18. The van der Waals surface area contributed by atoms with Crippen LogP contribution in [-0.2, 0) is 4.79 Å². The summed E-state index contributed by atoms with van der Waals surface area (Å²) < 4.78 is 0. The number of likely N-dealkylation sites (tertiary alicyclic amines) is 1. The lowest BCUT2D eigenvalue weighted by Gasteiger charge is -2.30. The van der Waals surface area contributed by atoms with Crippen LogP contribution in [0.1, 0.15) is 30.9 Å². The Bertz CT molecular complexity index is 620. The van der Waals surface area contributed by atoms with Crippen molar-refractivity contribution >= 4 is 11.6 Å². The zero-order valence-corrected chi connectivity index (χ0v) is 13.5. The number of amides is 1. The Kier molecular flexibility index (Phi) is 5.21. The number of nitriles is 1. The van der Waals surface area contributed by atoms with Gasteiger partial charge in [-0.1, -0.05) is 24.6 Å². The van der Waals surface area contributed by atoms with E-state index < -0.39 is 0 Å². The second-order valence-electron chi connectivity index (χ2n) is 6.11. The predicted molar refractivity (Wildman–Crippen MR) is 88.2 cm³/mol. The lowest BCUT2D eigenvalue weighted by atomic mass is 9.99. The van der Waals surface area contributed by atoms with E-state index in [2.05, 4.69) is 18.3 Å². The molecule has 0 radical (unpaired) electrons. The monoisotopic (exact) mass is 297 g/mol. The molecule has 116 valence electrons. The van der Waals surface area contributed by atoms with Gasteiger partial charge in [0.15, 0.2) is 0 Å². The number of nitrogens with one attached hydrogen (secondary N) is 1. The summed E-state index contributed by atoms with van der Waals surface area (Å²) in [6.07, 6.45) is 3.54. The van der Waals surface area contributed by atoms with Crippen LogP contribution < -0.4 is 5.32 Å². The van der Waals surface area contributed by atoms with Crippen molar-refractivity contribution < 1.29 is 4.79 Å². The number of anilines is 1. The lowest BCUT2D eigenvalue weighted by Crippen LogP contribution is -2.38. The van der Waals surface area contributed by atoms with Gasteiger partial charge in [-0.2, -0.15) is 5.26 Å². The molecule has 2 rings (SSSR count). The highest BCUT2D eigenvalue weighted by atomic mass is 16.2. The van der Waals surface area contributed by atoms with Crippen molar-refractivity contribution in [3.05, 3.63) is 41.1 Å². The Morgan fingerprint density at radius 2 is 2.05 bits per heavy atom. The maximum absolute atomic E-state index is 12.4. The van der Waals surface area contributed by atoms with E-state index in [0.717, 1.165) is 37.2 Å². The van der Waals surface area contributed by atoms with Crippen molar-refractivity contribution in [2.24, 2.45) is 5.92 Å². The van der Waals surface area contributed by atoms with Crippen molar-refractivity contribution in [3.63, 3.8) is 0 Å². The third-order valence-corrected chi connectivity index (χ3v) is 4.18. The first-order valence-corrected chi connectivity index (χ1v) is 7.74. The summed E-state index contributed by atoms with van der Waals surface area (Å²) in [5.41, 5.74) is 3.35. The van der Waals surface area contributed by atoms with Crippen LogP contribution >= 0.6 is 0 Å². The van der Waals surface area contributed by atoms with Crippen LogP contribution in [0.25, 0.3) is 0 Å². The highest BCUT2D eigenvalue weighted by molar-refractivity contribution is 5.97. The Morgan fingerprint density at radius 3 is 2.64 bits per heavy atom. The SMILES string of the molecule is Cc1ccc(N/C=C(/C#N)C(=O)N2CCC(C)CC2)c(C)c1. The van der Waals surface area contributed by atoms with Gasteiger partial charge >= 0.3 is 0 Å². The number of nitrogens with zero attached hydrogens (tertiary/aromatic N) is 2. The Balaban J connectivity index is 2.07. The summed E-state index contributed by atoms with van der Waals surface area (Å²) in [4.78, 5) is 14.2. The van der Waals surface area contributed by atoms with Crippen molar-refractivity contribution in [2.75, 3.05) is 18.4 Å². The Morgan fingerprint density at radius 1 is 1.36 bits per heavy atom. The number of rotatable bonds is 3. The maximum atomic E-state index is 12.4. The van der Waals surface area contributed by atoms with Gasteiger partial charge < -0.3 is 10.2 Å². The molecule has 22 heavy (non-hydrogen) atoms. The molecule has 4 nitrogen and oxygen atoms in total. The van der Waals surface area contributed by atoms with Crippen molar-refractivity contribution in [1.29, 1.82) is 5.26 Å². The molecule has 1 saturated heterocycles. The number of hydrogen-bond donors (Lipinski definition) is 1. The molecule has 0 aliphatic carbocycles. The van der Waals surface area contributed by atoms with Crippen molar-refractivity contribution in [1.82, 2.24) is 4.90 Å². The maximum Gasteiger partial charge on any atom is 0.266 e. The molecule has 1 heterocycles. The normalized spacial score (nSPS) is 16.3. The average molecular weight is 297 g/mol. The second kappa shape index (κ2) is 7.13. The van der Waals surface area contributed by atoms with Crippen LogP contribution in [-0.4, -0.2) is 23.9 Å². The molecule has 1 aliphatic rings. The molecule has 1 aromatic rings. The summed E-state index contributed by atoms with van der Waals surface area (Å²) in [7, 11) is 0. The molecule has 0 aromatic heterocycles. The van der Waals surface area contributed by atoms with Gasteiger partial charge in [-0.25, -0.2) is 0 Å². The van der Waals surface area contributed by atoms with Crippen LogP contribution in [0.2, 0.25) is 0 Å². The van der Waals surface area contributed by atoms with E-state index in [1.165, 1.54) is 11.8 Å². The quantitative estimate of drug-likeness (QED) is 0.687. The van der Waals surface area contributed by atoms with Gasteiger partial charge in [0, 0.05) is 25.0 Å². The van der Waals surface area contributed by atoms with Gasteiger partial charge in [0.05, 0.1) is 0 Å². The Hall–Kier alpha value is -2.28. The van der Waals surface area contributed by atoms with E-state index in [0.29, 0.717) is 5.92 Å². The Labute approximate surface area is 132 Å². The largest absolute Gasteiger partial charge is 0.360 e. The van der Waals surface area contributed by atoms with E-state index in [1.807, 2.05) is 32.0 Å². The number of aryl methyl sites for hydroxylation is 2. The van der Waals surface area contributed by atoms with E-state index in [4.69, 9.17) is 0 Å². The molecule has 0 atom stereocenters.